The topological polar surface area (TPSA) is 323 Å². The molecule has 21 nitrogen and oxygen atoms in total. The van der Waals surface area contributed by atoms with E-state index in [1.54, 1.807) is 0 Å². The van der Waals surface area contributed by atoms with Gasteiger partial charge in [0.1, 0.15) is 36.6 Å². The number of fused-ring (bicyclic) bond motifs is 3. The van der Waals surface area contributed by atoms with Crippen LogP contribution < -0.4 is 11.4 Å². The molecule has 0 saturated carbocycles. The molecule has 2 unspecified atom stereocenters. The van der Waals surface area contributed by atoms with Crippen molar-refractivity contribution in [3.8, 4) is 0 Å². The van der Waals surface area contributed by atoms with Crippen LogP contribution in [0.3, 0.4) is 0 Å². The molecule has 1 aromatic rings. The minimum absolute atomic E-state index is 0.00132. The van der Waals surface area contributed by atoms with Crippen molar-refractivity contribution in [2.75, 3.05) is 25.6 Å². The van der Waals surface area contributed by atoms with E-state index in [1.807, 2.05) is 6.92 Å². The lowest BCUT2D eigenvalue weighted by atomic mass is 9.83. The Balaban J connectivity index is 1.79. The Morgan fingerprint density at radius 3 is 2.12 bits per heavy atom. The maximum Gasteiger partial charge on any atom is 0.481 e. The maximum absolute atomic E-state index is 14.0. The summed E-state index contributed by atoms with van der Waals surface area (Å²) in [6.07, 6.45) is 13.7. The van der Waals surface area contributed by atoms with E-state index in [0.29, 0.717) is 44.9 Å². The number of phosphoric ester groups is 2. The first-order chi connectivity index (χ1) is 34.9. The van der Waals surface area contributed by atoms with Gasteiger partial charge in [-0.05, 0) is 57.4 Å². The Morgan fingerprint density at radius 1 is 0.836 bits per heavy atom. The minimum atomic E-state index is -5.71. The number of aromatic nitrogens is 2. The zero-order chi connectivity index (χ0) is 53.7. The summed E-state index contributed by atoms with van der Waals surface area (Å²) in [5.41, 5.74) is 4.78. The third kappa shape index (κ3) is 26.0. The number of hydrogen-bond donors (Lipinski definition) is 7. The van der Waals surface area contributed by atoms with Crippen LogP contribution in [-0.4, -0.2) is 114 Å². The molecule has 11 atom stereocenters. The van der Waals surface area contributed by atoms with Crippen LogP contribution in [-0.2, 0) is 51.1 Å². The molecular weight excluding hydrogens is 993 g/mol. The fourth-order valence-corrected chi connectivity index (χ4v) is 10.8. The van der Waals surface area contributed by atoms with Gasteiger partial charge in [-0.25, -0.2) is 13.9 Å². The number of unbranched alkanes of at least 4 members (excludes halogenated alkanes) is 13. The minimum Gasteiger partial charge on any atom is -0.462 e. The molecule has 2 aliphatic rings. The fraction of sp³-hybridized carbons (Fsp3) is 0.780. The largest absolute Gasteiger partial charge is 0.481 e. The highest BCUT2D eigenvalue weighted by Crippen LogP contribution is 2.60. The first-order valence-electron chi connectivity index (χ1n) is 26.5. The third-order valence-corrected chi connectivity index (χ3v) is 15.5. The Morgan fingerprint density at radius 2 is 1.45 bits per heavy atom. The Labute approximate surface area is 430 Å². The number of aliphatic hydroxyl groups excluding tert-OH is 4. The van der Waals surface area contributed by atoms with Gasteiger partial charge in [0.25, 0.3) is 0 Å². The van der Waals surface area contributed by atoms with Crippen LogP contribution in [0.1, 0.15) is 181 Å². The van der Waals surface area contributed by atoms with E-state index < -0.39 is 120 Å². The normalized spacial score (nSPS) is 29.4. The van der Waals surface area contributed by atoms with Gasteiger partial charge in [0.05, 0.1) is 37.4 Å². The summed E-state index contributed by atoms with van der Waals surface area (Å²) in [7, 11) is -11.3. The number of ketones is 1. The molecule has 2 bridgehead atoms. The summed E-state index contributed by atoms with van der Waals surface area (Å²) in [6, 6.07) is 1.24. The van der Waals surface area contributed by atoms with Gasteiger partial charge >= 0.3 is 33.3 Å². The number of nitrogens with two attached hydrogens (primary N) is 1. The predicted octanol–water partition coefficient (Wildman–Crippen LogP) is 7.59. The average molecular weight is 1080 g/mol. The van der Waals surface area contributed by atoms with Crippen LogP contribution in [0, 0.1) is 11.8 Å². The monoisotopic (exact) mass is 1080 g/mol. The quantitative estimate of drug-likeness (QED) is 0.0240. The van der Waals surface area contributed by atoms with Gasteiger partial charge < -0.3 is 50.2 Å². The highest BCUT2D eigenvalue weighted by atomic mass is 31.3. The lowest BCUT2D eigenvalue weighted by molar-refractivity contribution is -0.188. The van der Waals surface area contributed by atoms with E-state index in [-0.39, 0.29) is 25.1 Å². The number of Topliss-reactive ketones (excluding diaryl/α,β-unsaturated/α-hetero) is 1. The number of rotatable bonds is 23. The second kappa shape index (κ2) is 35.2. The van der Waals surface area contributed by atoms with Gasteiger partial charge in [-0.2, -0.15) is 9.29 Å². The number of esters is 2. The van der Waals surface area contributed by atoms with Gasteiger partial charge in [-0.15, -0.1) is 0 Å². The molecular formula is C50H85N3O18P2. The summed E-state index contributed by atoms with van der Waals surface area (Å²) in [4.78, 5) is 78.2. The van der Waals surface area contributed by atoms with Crippen molar-refractivity contribution in [3.05, 3.63) is 47.1 Å². The Hall–Kier alpha value is -3.17. The van der Waals surface area contributed by atoms with E-state index in [2.05, 4.69) is 28.4 Å². The summed E-state index contributed by atoms with van der Waals surface area (Å²) in [5, 5.41) is 45.8. The van der Waals surface area contributed by atoms with Crippen molar-refractivity contribution in [2.45, 2.75) is 217 Å². The Kier molecular flexibility index (Phi) is 30.9. The van der Waals surface area contributed by atoms with Gasteiger partial charge in [0, 0.05) is 31.4 Å². The van der Waals surface area contributed by atoms with Crippen LogP contribution in [0.5, 0.6) is 0 Å². The third-order valence-electron chi connectivity index (χ3n) is 12.9. The molecule has 2 saturated heterocycles. The SMILES string of the molecule is CCCCCC/C=C\CCCCCCCCCC(=O)O[C@@H]1COC(=O)CCCCCC[C@@H]2[C@H](n3ccc(N)nc3=O)O[C@H](COP(=O)(O)OP(=O)(O)OC1)[C@@H](O)[C@@H](O)[C@@H](/C=C/[C@@H](O)CCCCC)C(=O)C[C@@H]2O. The molecule has 0 aromatic carbocycles. The van der Waals surface area contributed by atoms with Crippen molar-refractivity contribution in [1.29, 1.82) is 0 Å². The number of aliphatic hydroxyl groups is 4. The van der Waals surface area contributed by atoms with Crippen molar-refractivity contribution < 1.29 is 81.3 Å². The van der Waals surface area contributed by atoms with Gasteiger partial charge in [-0.1, -0.05) is 128 Å². The summed E-state index contributed by atoms with van der Waals surface area (Å²) in [6.45, 7) is 1.47. The number of hydrogen-bond acceptors (Lipinski definition) is 18. The number of carbonyl (C=O) groups is 3. The highest BCUT2D eigenvalue weighted by Gasteiger charge is 2.45. The number of phosphoric acid groups is 2. The van der Waals surface area contributed by atoms with Crippen molar-refractivity contribution in [2.24, 2.45) is 11.8 Å². The van der Waals surface area contributed by atoms with Crippen LogP contribution in [0.25, 0.3) is 0 Å². The van der Waals surface area contributed by atoms with Crippen LogP contribution in [0.4, 0.5) is 5.82 Å². The highest BCUT2D eigenvalue weighted by molar-refractivity contribution is 7.61. The number of allylic oxidation sites excluding steroid dienone is 2. The average Bonchev–Trinajstić information content (AvgIpc) is 3.33. The van der Waals surface area contributed by atoms with Crippen molar-refractivity contribution in [1.82, 2.24) is 9.55 Å². The van der Waals surface area contributed by atoms with Crippen LogP contribution >= 0.6 is 15.6 Å². The van der Waals surface area contributed by atoms with Gasteiger partial charge in [-0.3, -0.25) is 28.0 Å². The molecule has 2 fully saturated rings. The second-order valence-corrected chi connectivity index (χ2v) is 22.2. The number of cyclic esters (lactones) is 1. The van der Waals surface area contributed by atoms with Crippen molar-refractivity contribution >= 4 is 39.2 Å². The number of nitrogens with zero attached hydrogens (tertiary/aromatic N) is 2. The number of nitrogen functional groups attached to an aromatic ring is 1. The molecule has 0 radical (unpaired) electrons. The van der Waals surface area contributed by atoms with E-state index in [9.17, 15) is 58.5 Å². The summed E-state index contributed by atoms with van der Waals surface area (Å²) >= 11 is 0. The van der Waals surface area contributed by atoms with E-state index >= 15 is 0 Å². The van der Waals surface area contributed by atoms with E-state index in [0.717, 1.165) is 68.8 Å². The number of ether oxygens (including phenoxy) is 3. The molecule has 418 valence electrons. The molecule has 0 amide bonds. The first-order valence-corrected chi connectivity index (χ1v) is 29.4. The van der Waals surface area contributed by atoms with E-state index in [4.69, 9.17) is 29.0 Å². The maximum atomic E-state index is 14.0. The fourth-order valence-electron chi connectivity index (χ4n) is 8.68. The molecule has 0 aliphatic carbocycles. The summed E-state index contributed by atoms with van der Waals surface area (Å²) in [5.74, 6) is -5.05. The van der Waals surface area contributed by atoms with Crippen LogP contribution in [0.15, 0.2) is 41.4 Å². The molecule has 3 rings (SSSR count). The Bertz CT molecular complexity index is 1990. The lowest BCUT2D eigenvalue weighted by Gasteiger charge is -2.39. The predicted molar refractivity (Wildman–Crippen MR) is 271 cm³/mol. The second-order valence-electron chi connectivity index (χ2n) is 19.2. The smallest absolute Gasteiger partial charge is 0.462 e. The zero-order valence-corrected chi connectivity index (χ0v) is 44.7. The molecule has 73 heavy (non-hydrogen) atoms. The first kappa shape index (κ1) is 64.1. The van der Waals surface area contributed by atoms with Gasteiger partial charge in [0.2, 0.25) is 0 Å². The molecule has 0 spiro atoms. The lowest BCUT2D eigenvalue weighted by Crippen LogP contribution is -2.51. The molecule has 2 aliphatic heterocycles. The molecule has 3 heterocycles. The zero-order valence-electron chi connectivity index (χ0n) is 42.9. The van der Waals surface area contributed by atoms with Gasteiger partial charge in [0.15, 0.2) is 6.10 Å². The standard InChI is InChI=1S/C50H85N3O18P2/c1-3-5-7-8-9-10-11-12-13-14-15-16-17-18-24-28-46(58)69-38-34-66-45(57)27-23-20-19-22-26-40-42(56)33-41(55)39(30-29-37(54)25-21-6-4-2)47(59)48(60)43(36-68-73(64,65)71-72(62,63)67-35-38)70-49(40)53-32-31-44(51)52-50(53)61/h10-11,29-32,37-40,42-43,47-49,54,56,59-60H,3-9,12-28,33-36H2,1-2H3,(H,62,63)(H,64,65)(H2,51,52,61)/b11-10-,30-29+/t37-,38+,39-,40-,42-,43+,47-,48+,49+/m0/s1. The number of carbonyl (C=O) groups excluding carboxylic acids is 3. The molecule has 23 heteroatoms. The van der Waals surface area contributed by atoms with E-state index in [1.165, 1.54) is 50.1 Å². The number of anilines is 1. The summed E-state index contributed by atoms with van der Waals surface area (Å²) < 4.78 is 59.1. The molecule has 1 aromatic heterocycles. The van der Waals surface area contributed by atoms with Crippen LogP contribution in [0.2, 0.25) is 0 Å². The van der Waals surface area contributed by atoms with Crippen molar-refractivity contribution in [3.63, 3.8) is 0 Å². The molecule has 8 N–H and O–H groups in total.